The Morgan fingerprint density at radius 3 is 2.29 bits per heavy atom. The lowest BCUT2D eigenvalue weighted by Crippen LogP contribution is -2.17. The molecule has 0 fully saturated rings. The fourth-order valence-electron chi connectivity index (χ4n) is 1.72. The van der Waals surface area contributed by atoms with Gasteiger partial charge in [-0.1, -0.05) is 18.2 Å². The van der Waals surface area contributed by atoms with E-state index in [9.17, 15) is 17.6 Å². The number of halogens is 4. The van der Waals surface area contributed by atoms with Gasteiger partial charge in [-0.05, 0) is 42.3 Å². The van der Waals surface area contributed by atoms with Crippen LogP contribution in [-0.4, -0.2) is 6.36 Å². The molecule has 0 aliphatic rings. The van der Waals surface area contributed by atoms with Crippen LogP contribution in [0.2, 0.25) is 0 Å². The second kappa shape index (κ2) is 6.03. The van der Waals surface area contributed by atoms with Gasteiger partial charge in [-0.15, -0.1) is 13.2 Å². The molecule has 0 saturated heterocycles. The van der Waals surface area contributed by atoms with Gasteiger partial charge in [0.25, 0.3) is 0 Å². The molecule has 112 valence electrons. The molecule has 0 aliphatic heterocycles. The molecule has 0 bridgehead atoms. The molecule has 0 aliphatic carbocycles. The molecule has 2 rings (SSSR count). The van der Waals surface area contributed by atoms with Gasteiger partial charge in [-0.2, -0.15) is 0 Å². The summed E-state index contributed by atoms with van der Waals surface area (Å²) in [6.07, 6.45) is -4.70. The van der Waals surface area contributed by atoms with E-state index < -0.39 is 6.36 Å². The number of nitrogens with one attached hydrogen (secondary N) is 1. The Kier molecular flexibility index (Phi) is 4.35. The SMILES string of the molecule is Cc1ccc(NCc2ccc(OC(F)(F)F)cc2)cc1F. The molecule has 2 aromatic rings. The van der Waals surface area contributed by atoms with Crippen LogP contribution in [0, 0.1) is 12.7 Å². The zero-order chi connectivity index (χ0) is 15.5. The minimum absolute atomic E-state index is 0.271. The maximum atomic E-state index is 13.4. The number of hydrogen-bond acceptors (Lipinski definition) is 2. The number of benzene rings is 2. The molecule has 0 saturated carbocycles. The van der Waals surface area contributed by atoms with Gasteiger partial charge in [-0.25, -0.2) is 4.39 Å². The molecule has 1 N–H and O–H groups in total. The van der Waals surface area contributed by atoms with Crippen LogP contribution in [0.25, 0.3) is 0 Å². The second-order valence-corrected chi connectivity index (χ2v) is 4.51. The summed E-state index contributed by atoms with van der Waals surface area (Å²) in [4.78, 5) is 0. The van der Waals surface area contributed by atoms with Crippen molar-refractivity contribution in [3.8, 4) is 5.75 Å². The minimum atomic E-state index is -4.70. The van der Waals surface area contributed by atoms with Crippen molar-refractivity contribution in [3.05, 3.63) is 59.4 Å². The van der Waals surface area contributed by atoms with Gasteiger partial charge in [0.05, 0.1) is 0 Å². The van der Waals surface area contributed by atoms with Crippen molar-refractivity contribution in [1.82, 2.24) is 0 Å². The summed E-state index contributed by atoms with van der Waals surface area (Å²) in [5.41, 5.74) is 1.91. The van der Waals surface area contributed by atoms with Crippen LogP contribution in [0.5, 0.6) is 5.75 Å². The van der Waals surface area contributed by atoms with Gasteiger partial charge in [0.2, 0.25) is 0 Å². The van der Waals surface area contributed by atoms with Gasteiger partial charge in [-0.3, -0.25) is 0 Å². The highest BCUT2D eigenvalue weighted by atomic mass is 19.4. The first kappa shape index (κ1) is 15.2. The van der Waals surface area contributed by atoms with Crippen molar-refractivity contribution >= 4 is 5.69 Å². The zero-order valence-electron chi connectivity index (χ0n) is 11.2. The number of rotatable bonds is 4. The third-order valence-corrected chi connectivity index (χ3v) is 2.83. The third kappa shape index (κ3) is 4.66. The quantitative estimate of drug-likeness (QED) is 0.830. The van der Waals surface area contributed by atoms with Crippen molar-refractivity contribution in [3.63, 3.8) is 0 Å². The summed E-state index contributed by atoms with van der Waals surface area (Å²) >= 11 is 0. The van der Waals surface area contributed by atoms with Crippen molar-refractivity contribution in [2.24, 2.45) is 0 Å². The molecule has 2 nitrogen and oxygen atoms in total. The van der Waals surface area contributed by atoms with Gasteiger partial charge < -0.3 is 10.1 Å². The Bertz CT molecular complexity index is 608. The van der Waals surface area contributed by atoms with E-state index in [1.54, 1.807) is 19.1 Å². The van der Waals surface area contributed by atoms with Gasteiger partial charge >= 0.3 is 6.36 Å². The van der Waals surface area contributed by atoms with Crippen LogP contribution in [-0.2, 0) is 6.54 Å². The van der Waals surface area contributed by atoms with E-state index in [1.165, 1.54) is 30.3 Å². The number of anilines is 1. The monoisotopic (exact) mass is 299 g/mol. The minimum Gasteiger partial charge on any atom is -0.406 e. The largest absolute Gasteiger partial charge is 0.573 e. The van der Waals surface area contributed by atoms with Crippen LogP contribution in [0.4, 0.5) is 23.2 Å². The fraction of sp³-hybridized carbons (Fsp3) is 0.200. The maximum absolute atomic E-state index is 13.4. The molecule has 0 heterocycles. The first-order valence-corrected chi connectivity index (χ1v) is 6.18. The lowest BCUT2D eigenvalue weighted by atomic mass is 10.2. The smallest absolute Gasteiger partial charge is 0.406 e. The van der Waals surface area contributed by atoms with Crippen LogP contribution in [0.1, 0.15) is 11.1 Å². The topological polar surface area (TPSA) is 21.3 Å². The average Bonchev–Trinajstić information content (AvgIpc) is 2.40. The van der Waals surface area contributed by atoms with E-state index in [2.05, 4.69) is 10.1 Å². The average molecular weight is 299 g/mol. The number of ether oxygens (including phenoxy) is 1. The van der Waals surface area contributed by atoms with E-state index in [0.29, 0.717) is 17.8 Å². The summed E-state index contributed by atoms with van der Waals surface area (Å²) in [6, 6.07) is 10.3. The number of aryl methyl sites for hydroxylation is 1. The fourth-order valence-corrected chi connectivity index (χ4v) is 1.72. The van der Waals surface area contributed by atoms with Gasteiger partial charge in [0.1, 0.15) is 11.6 Å². The van der Waals surface area contributed by atoms with Crippen molar-refractivity contribution < 1.29 is 22.3 Å². The molecule has 0 atom stereocenters. The lowest BCUT2D eigenvalue weighted by molar-refractivity contribution is -0.274. The van der Waals surface area contributed by atoms with E-state index in [-0.39, 0.29) is 11.6 Å². The highest BCUT2D eigenvalue weighted by Crippen LogP contribution is 2.23. The molecule has 0 unspecified atom stereocenters. The van der Waals surface area contributed by atoms with Gasteiger partial charge in [0, 0.05) is 12.2 Å². The molecular weight excluding hydrogens is 286 g/mol. The van der Waals surface area contributed by atoms with Crippen molar-refractivity contribution in [1.29, 1.82) is 0 Å². The number of alkyl halides is 3. The van der Waals surface area contributed by atoms with Crippen LogP contribution >= 0.6 is 0 Å². The molecule has 6 heteroatoms. The molecule has 0 spiro atoms. The first-order valence-electron chi connectivity index (χ1n) is 6.18. The zero-order valence-corrected chi connectivity index (χ0v) is 11.2. The normalized spacial score (nSPS) is 11.3. The van der Waals surface area contributed by atoms with Crippen molar-refractivity contribution in [2.75, 3.05) is 5.32 Å². The Labute approximate surface area is 119 Å². The lowest BCUT2D eigenvalue weighted by Gasteiger charge is -2.10. The molecule has 0 radical (unpaired) electrons. The summed E-state index contributed by atoms with van der Waals surface area (Å²) in [7, 11) is 0. The second-order valence-electron chi connectivity index (χ2n) is 4.51. The van der Waals surface area contributed by atoms with E-state index in [0.717, 1.165) is 5.56 Å². The van der Waals surface area contributed by atoms with Crippen LogP contribution < -0.4 is 10.1 Å². The summed E-state index contributed by atoms with van der Waals surface area (Å²) < 4.78 is 53.2. The predicted molar refractivity (Wildman–Crippen MR) is 71.6 cm³/mol. The maximum Gasteiger partial charge on any atom is 0.573 e. The molecule has 21 heavy (non-hydrogen) atoms. The van der Waals surface area contributed by atoms with E-state index in [4.69, 9.17) is 0 Å². The van der Waals surface area contributed by atoms with Crippen LogP contribution in [0.3, 0.4) is 0 Å². The number of hydrogen-bond donors (Lipinski definition) is 1. The van der Waals surface area contributed by atoms with Crippen LogP contribution in [0.15, 0.2) is 42.5 Å². The molecule has 2 aromatic carbocycles. The third-order valence-electron chi connectivity index (χ3n) is 2.83. The summed E-state index contributed by atoms with van der Waals surface area (Å²) in [5, 5.41) is 2.99. The molecule has 0 aromatic heterocycles. The van der Waals surface area contributed by atoms with Gasteiger partial charge in [0.15, 0.2) is 0 Å². The predicted octanol–water partition coefficient (Wildman–Crippen LogP) is 4.64. The highest BCUT2D eigenvalue weighted by Gasteiger charge is 2.30. The molecular formula is C15H13F4NO. The highest BCUT2D eigenvalue weighted by molar-refractivity contribution is 5.45. The molecule has 0 amide bonds. The Balaban J connectivity index is 1.96. The Morgan fingerprint density at radius 2 is 1.71 bits per heavy atom. The Hall–Kier alpha value is -2.24. The standard InChI is InChI=1S/C15H13F4NO/c1-10-2-5-12(8-14(10)16)20-9-11-3-6-13(7-4-11)21-15(17,18)19/h2-8,20H,9H2,1H3. The first-order chi connectivity index (χ1) is 9.83. The Morgan fingerprint density at radius 1 is 1.05 bits per heavy atom. The summed E-state index contributed by atoms with van der Waals surface area (Å²) in [6.45, 7) is 2.04. The summed E-state index contributed by atoms with van der Waals surface area (Å²) in [5.74, 6) is -0.582. The van der Waals surface area contributed by atoms with E-state index in [1.807, 2.05) is 0 Å². The van der Waals surface area contributed by atoms with E-state index >= 15 is 0 Å². The van der Waals surface area contributed by atoms with Crippen molar-refractivity contribution in [2.45, 2.75) is 19.8 Å².